The molecule has 0 bridgehead atoms. The summed E-state index contributed by atoms with van der Waals surface area (Å²) in [7, 11) is 0. The maximum absolute atomic E-state index is 13.5. The molecule has 6 heteroatoms. The lowest BCUT2D eigenvalue weighted by atomic mass is 9.94. The molecule has 2 aliphatic rings. The first kappa shape index (κ1) is 18.9. The third-order valence-electron chi connectivity index (χ3n) is 6.71. The molecule has 0 radical (unpaired) electrons. The summed E-state index contributed by atoms with van der Waals surface area (Å²) >= 11 is 0. The van der Waals surface area contributed by atoms with Crippen LogP contribution in [-0.4, -0.2) is 49.5 Å². The van der Waals surface area contributed by atoms with Gasteiger partial charge in [-0.1, -0.05) is 30.3 Å². The van der Waals surface area contributed by atoms with Gasteiger partial charge in [0.15, 0.2) is 0 Å². The van der Waals surface area contributed by atoms with Crippen LogP contribution in [0.5, 0.6) is 0 Å². The van der Waals surface area contributed by atoms with E-state index >= 15 is 0 Å². The summed E-state index contributed by atoms with van der Waals surface area (Å²) in [5.41, 5.74) is 3.62. The van der Waals surface area contributed by atoms with Crippen molar-refractivity contribution in [2.75, 3.05) is 0 Å². The summed E-state index contributed by atoms with van der Waals surface area (Å²) in [6.07, 6.45) is 2.77. The molecule has 1 saturated heterocycles. The van der Waals surface area contributed by atoms with Gasteiger partial charge in [-0.3, -0.25) is 9.69 Å². The number of fused-ring (bicyclic) bond motifs is 3. The van der Waals surface area contributed by atoms with E-state index < -0.39 is 17.7 Å². The van der Waals surface area contributed by atoms with Crippen LogP contribution in [-0.2, 0) is 29.0 Å². The number of hydrogen-bond donors (Lipinski definition) is 2. The highest BCUT2D eigenvalue weighted by atomic mass is 16.4. The molecule has 0 spiro atoms. The number of rotatable bonds is 4. The molecular formula is C24H25N3O3. The quantitative estimate of drug-likeness (QED) is 0.702. The number of nitrogens with zero attached hydrogens (tertiary/aromatic N) is 2. The van der Waals surface area contributed by atoms with E-state index in [1.807, 2.05) is 56.4 Å². The molecule has 5 rings (SSSR count). The molecule has 1 amide bonds. The van der Waals surface area contributed by atoms with Crippen molar-refractivity contribution in [1.82, 2.24) is 14.8 Å². The van der Waals surface area contributed by atoms with E-state index in [0.717, 1.165) is 16.5 Å². The maximum atomic E-state index is 13.5. The SMILES string of the molecule is CC1(C)N2Cc3ccccc3C[C@H]2C(=O)N1[C@@H](Cc1ccc2[nH]ccc2c1)C(=O)O. The Kier molecular flexibility index (Phi) is 4.22. The summed E-state index contributed by atoms with van der Waals surface area (Å²) < 4.78 is 0. The van der Waals surface area contributed by atoms with Gasteiger partial charge in [-0.2, -0.15) is 0 Å². The first-order valence-electron chi connectivity index (χ1n) is 10.3. The van der Waals surface area contributed by atoms with Gasteiger partial charge in [0.25, 0.3) is 0 Å². The number of carbonyl (C=O) groups is 2. The molecule has 3 heterocycles. The van der Waals surface area contributed by atoms with Crippen LogP contribution in [0, 0.1) is 0 Å². The van der Waals surface area contributed by atoms with E-state index in [1.165, 1.54) is 11.1 Å². The van der Waals surface area contributed by atoms with E-state index in [2.05, 4.69) is 22.0 Å². The smallest absolute Gasteiger partial charge is 0.326 e. The largest absolute Gasteiger partial charge is 0.480 e. The van der Waals surface area contributed by atoms with Crippen LogP contribution in [0.3, 0.4) is 0 Å². The molecule has 2 atom stereocenters. The van der Waals surface area contributed by atoms with E-state index in [1.54, 1.807) is 4.90 Å². The Balaban J connectivity index is 1.49. The standard InChI is InChI=1S/C24H25N3O3/c1-24(2)26-14-18-6-4-3-5-16(18)13-20(26)22(28)27(24)21(23(29)30)12-15-7-8-19-17(11-15)9-10-25-19/h3-11,20-21,25H,12-14H2,1-2H3,(H,29,30)/t20-,21-/m0/s1. The summed E-state index contributed by atoms with van der Waals surface area (Å²) in [5, 5.41) is 11.1. The topological polar surface area (TPSA) is 76.6 Å². The second kappa shape index (κ2) is 6.71. The van der Waals surface area contributed by atoms with Crippen LogP contribution in [0.1, 0.15) is 30.5 Å². The Bertz CT molecular complexity index is 1150. The Morgan fingerprint density at radius 2 is 1.97 bits per heavy atom. The van der Waals surface area contributed by atoms with E-state index in [9.17, 15) is 14.7 Å². The molecule has 1 aromatic heterocycles. The second-order valence-corrected chi connectivity index (χ2v) is 8.78. The van der Waals surface area contributed by atoms with Crippen LogP contribution in [0.2, 0.25) is 0 Å². The minimum absolute atomic E-state index is 0.0929. The second-order valence-electron chi connectivity index (χ2n) is 8.78. The monoisotopic (exact) mass is 403 g/mol. The van der Waals surface area contributed by atoms with Gasteiger partial charge in [0.2, 0.25) is 5.91 Å². The number of benzene rings is 2. The van der Waals surface area contributed by atoms with Crippen molar-refractivity contribution >= 4 is 22.8 Å². The van der Waals surface area contributed by atoms with Crippen LogP contribution < -0.4 is 0 Å². The number of aliphatic carboxylic acids is 1. The average molecular weight is 403 g/mol. The van der Waals surface area contributed by atoms with Crippen molar-refractivity contribution in [2.24, 2.45) is 0 Å². The number of amides is 1. The fourth-order valence-electron chi connectivity index (χ4n) is 5.16. The zero-order valence-corrected chi connectivity index (χ0v) is 17.1. The normalized spacial score (nSPS) is 21.5. The van der Waals surface area contributed by atoms with Crippen molar-refractivity contribution in [3.8, 4) is 0 Å². The number of nitrogens with one attached hydrogen (secondary N) is 1. The summed E-state index contributed by atoms with van der Waals surface area (Å²) in [4.78, 5) is 32.7. The van der Waals surface area contributed by atoms with Gasteiger partial charge >= 0.3 is 5.97 Å². The number of aromatic amines is 1. The molecule has 154 valence electrons. The van der Waals surface area contributed by atoms with Gasteiger partial charge in [0.05, 0.1) is 11.7 Å². The Morgan fingerprint density at radius 1 is 1.20 bits per heavy atom. The van der Waals surface area contributed by atoms with Gasteiger partial charge in [-0.05, 0) is 60.5 Å². The zero-order chi connectivity index (χ0) is 21.0. The van der Waals surface area contributed by atoms with Crippen LogP contribution >= 0.6 is 0 Å². The molecule has 30 heavy (non-hydrogen) atoms. The molecule has 1 fully saturated rings. The predicted molar refractivity (Wildman–Crippen MR) is 114 cm³/mol. The Labute approximate surface area is 175 Å². The third kappa shape index (κ3) is 2.82. The fourth-order valence-corrected chi connectivity index (χ4v) is 5.16. The fraction of sp³-hybridized carbons (Fsp3) is 0.333. The molecule has 0 aliphatic carbocycles. The van der Waals surface area contributed by atoms with E-state index in [4.69, 9.17) is 0 Å². The minimum Gasteiger partial charge on any atom is -0.480 e. The maximum Gasteiger partial charge on any atom is 0.326 e. The van der Waals surface area contributed by atoms with Gasteiger partial charge in [0.1, 0.15) is 6.04 Å². The summed E-state index contributed by atoms with van der Waals surface area (Å²) in [6.45, 7) is 4.58. The van der Waals surface area contributed by atoms with Crippen molar-refractivity contribution in [1.29, 1.82) is 0 Å². The number of carboxylic acids is 1. The van der Waals surface area contributed by atoms with Crippen LogP contribution in [0.15, 0.2) is 54.7 Å². The van der Waals surface area contributed by atoms with Crippen molar-refractivity contribution in [2.45, 2.75) is 51.0 Å². The highest BCUT2D eigenvalue weighted by Crippen LogP contribution is 2.40. The van der Waals surface area contributed by atoms with Crippen molar-refractivity contribution in [3.63, 3.8) is 0 Å². The number of carboxylic acid groups (broad SMARTS) is 1. The van der Waals surface area contributed by atoms with Gasteiger partial charge in [0, 0.05) is 24.7 Å². The minimum atomic E-state index is -0.969. The van der Waals surface area contributed by atoms with Gasteiger partial charge in [-0.25, -0.2) is 4.79 Å². The lowest BCUT2D eigenvalue weighted by molar-refractivity contribution is -0.153. The van der Waals surface area contributed by atoms with E-state index in [0.29, 0.717) is 13.0 Å². The summed E-state index contributed by atoms with van der Waals surface area (Å²) in [6, 6.07) is 14.8. The molecule has 0 saturated carbocycles. The van der Waals surface area contributed by atoms with Gasteiger partial charge in [-0.15, -0.1) is 0 Å². The number of aromatic nitrogens is 1. The Morgan fingerprint density at radius 3 is 2.73 bits per heavy atom. The number of H-pyrrole nitrogens is 1. The lowest BCUT2D eigenvalue weighted by Gasteiger charge is -2.42. The molecular weight excluding hydrogens is 378 g/mol. The predicted octanol–water partition coefficient (Wildman–Crippen LogP) is 3.17. The van der Waals surface area contributed by atoms with E-state index in [-0.39, 0.29) is 18.4 Å². The molecule has 6 nitrogen and oxygen atoms in total. The van der Waals surface area contributed by atoms with Crippen LogP contribution in [0.4, 0.5) is 0 Å². The molecule has 0 unspecified atom stereocenters. The first-order valence-corrected chi connectivity index (χ1v) is 10.3. The highest BCUT2D eigenvalue weighted by molar-refractivity contribution is 5.90. The Hall–Kier alpha value is -3.12. The van der Waals surface area contributed by atoms with Crippen LogP contribution in [0.25, 0.3) is 10.9 Å². The molecule has 2 aliphatic heterocycles. The molecule has 2 N–H and O–H groups in total. The van der Waals surface area contributed by atoms with Crippen molar-refractivity contribution in [3.05, 3.63) is 71.4 Å². The zero-order valence-electron chi connectivity index (χ0n) is 17.1. The number of hydrogen-bond acceptors (Lipinski definition) is 3. The average Bonchev–Trinajstić information content (AvgIpc) is 3.26. The molecule has 3 aromatic rings. The van der Waals surface area contributed by atoms with Crippen molar-refractivity contribution < 1.29 is 14.7 Å². The first-order chi connectivity index (χ1) is 14.4. The lowest BCUT2D eigenvalue weighted by Crippen LogP contribution is -2.56. The molecule has 2 aromatic carbocycles. The number of carbonyl (C=O) groups excluding carboxylic acids is 1. The van der Waals surface area contributed by atoms with Gasteiger partial charge < -0.3 is 15.0 Å². The third-order valence-corrected chi connectivity index (χ3v) is 6.71. The highest BCUT2D eigenvalue weighted by Gasteiger charge is 2.56. The summed E-state index contributed by atoms with van der Waals surface area (Å²) in [5.74, 6) is -1.06.